The molecule has 3 heterocycles. The van der Waals surface area contributed by atoms with Crippen molar-refractivity contribution in [2.24, 2.45) is 0 Å². The smallest absolute Gasteiger partial charge is 0.386 e. The first-order valence-electron chi connectivity index (χ1n) is 8.08. The van der Waals surface area contributed by atoms with Crippen molar-refractivity contribution in [1.82, 2.24) is 14.5 Å². The first-order valence-corrected chi connectivity index (χ1v) is 10.7. The van der Waals surface area contributed by atoms with E-state index in [2.05, 4.69) is 19.0 Å². The van der Waals surface area contributed by atoms with Crippen LogP contribution in [-0.4, -0.2) is 59.2 Å². The summed E-state index contributed by atoms with van der Waals surface area (Å²) in [7, 11) is -7.99. The third-order valence-corrected chi connectivity index (χ3v) is 5.16. The Morgan fingerprint density at radius 2 is 2.14 bits per heavy atom. The normalized spacial score (nSPS) is 26.1. The fourth-order valence-corrected chi connectivity index (χ4v) is 3.95. The summed E-state index contributed by atoms with van der Waals surface area (Å²) in [4.78, 5) is 35.3. The minimum atomic E-state index is -5.00. The van der Waals surface area contributed by atoms with E-state index >= 15 is 0 Å². The number of nitrogens with two attached hydrogens (primary N) is 1. The Kier molecular flexibility index (Phi) is 6.11. The van der Waals surface area contributed by atoms with Crippen LogP contribution in [0.5, 0.6) is 0 Å². The maximum Gasteiger partial charge on any atom is 0.694 e. The van der Waals surface area contributed by atoms with Gasteiger partial charge in [0.25, 0.3) is 0 Å². The minimum Gasteiger partial charge on any atom is -0.386 e. The van der Waals surface area contributed by atoms with Crippen molar-refractivity contribution in [3.63, 3.8) is 0 Å². The van der Waals surface area contributed by atoms with Crippen LogP contribution in [0.15, 0.2) is 12.5 Å². The lowest BCUT2D eigenvalue weighted by atomic mass is 10.1. The van der Waals surface area contributed by atoms with Gasteiger partial charge in [-0.2, -0.15) is 0 Å². The summed E-state index contributed by atoms with van der Waals surface area (Å²) < 4.78 is 38.4. The summed E-state index contributed by atoms with van der Waals surface area (Å²) in [6, 6.07) is 0. The first-order chi connectivity index (χ1) is 13.1. The zero-order valence-electron chi connectivity index (χ0n) is 14.5. The molecule has 0 aliphatic carbocycles. The monoisotopic (exact) mass is 437 g/mol. The van der Waals surface area contributed by atoms with Crippen molar-refractivity contribution in [3.8, 4) is 0 Å². The van der Waals surface area contributed by atoms with Gasteiger partial charge in [0.1, 0.15) is 30.4 Å². The van der Waals surface area contributed by atoms with Gasteiger partial charge in [0.05, 0.1) is 11.8 Å². The Hall–Kier alpha value is -1.53. The van der Waals surface area contributed by atoms with Gasteiger partial charge in [0, 0.05) is 10.8 Å². The van der Waals surface area contributed by atoms with Crippen LogP contribution in [0.1, 0.15) is 18.7 Å². The Balaban J connectivity index is 2.00. The van der Waals surface area contributed by atoms with Crippen molar-refractivity contribution in [2.45, 2.75) is 37.9 Å². The van der Waals surface area contributed by atoms with E-state index in [1.807, 2.05) is 6.92 Å². The number of hydrogen-bond donors (Lipinski definition) is 5. The maximum atomic E-state index is 11.3. The Morgan fingerprint density at radius 3 is 2.75 bits per heavy atom. The summed E-state index contributed by atoms with van der Waals surface area (Å²) in [6.07, 6.45) is -2.01. The Bertz CT molecular complexity index is 932. The highest BCUT2D eigenvalue weighted by Gasteiger charge is 2.49. The SMILES string of the molecule is CCc1cnc(N)c2ncn(C3OC(CO[P+](=O)O)C(OP(=O)(O)O)C3O)c12. The molecule has 1 aliphatic rings. The van der Waals surface area contributed by atoms with E-state index in [0.717, 1.165) is 5.56 Å². The maximum absolute atomic E-state index is 11.3. The molecule has 0 saturated carbocycles. The van der Waals surface area contributed by atoms with Crippen LogP contribution in [0, 0.1) is 0 Å². The molecular formula is C13H19N4O9P2+. The molecule has 3 rings (SSSR count). The van der Waals surface area contributed by atoms with E-state index in [0.29, 0.717) is 17.5 Å². The number of aliphatic hydroxyl groups is 1. The number of hydrogen-bond acceptors (Lipinski definition) is 9. The lowest BCUT2D eigenvalue weighted by Gasteiger charge is -2.20. The van der Waals surface area contributed by atoms with E-state index in [1.165, 1.54) is 10.9 Å². The van der Waals surface area contributed by atoms with Crippen LogP contribution in [0.3, 0.4) is 0 Å². The fraction of sp³-hybridized carbons (Fsp3) is 0.538. The molecule has 2 aromatic rings. The predicted molar refractivity (Wildman–Crippen MR) is 93.9 cm³/mol. The van der Waals surface area contributed by atoms with Crippen molar-refractivity contribution in [3.05, 3.63) is 18.1 Å². The number of fused-ring (bicyclic) bond motifs is 1. The minimum absolute atomic E-state index is 0.165. The molecule has 5 unspecified atom stereocenters. The number of aromatic nitrogens is 3. The Labute approximate surface area is 159 Å². The molecule has 0 bridgehead atoms. The number of imidazole rings is 1. The molecule has 1 saturated heterocycles. The van der Waals surface area contributed by atoms with Gasteiger partial charge < -0.3 is 29.9 Å². The van der Waals surface area contributed by atoms with Gasteiger partial charge >= 0.3 is 16.1 Å². The number of rotatable bonds is 7. The van der Waals surface area contributed by atoms with Crippen molar-refractivity contribution < 1.29 is 42.7 Å². The third kappa shape index (κ3) is 4.23. The number of phosphoric ester groups is 1. The van der Waals surface area contributed by atoms with Gasteiger partial charge in [-0.25, -0.2) is 14.5 Å². The molecule has 15 heteroatoms. The zero-order chi connectivity index (χ0) is 20.6. The summed E-state index contributed by atoms with van der Waals surface area (Å²) in [5.41, 5.74) is 7.51. The number of phosphoric acid groups is 1. The average Bonchev–Trinajstić information content (AvgIpc) is 3.16. The van der Waals surface area contributed by atoms with Gasteiger partial charge in [0.2, 0.25) is 0 Å². The molecular weight excluding hydrogens is 418 g/mol. The molecule has 2 aromatic heterocycles. The quantitative estimate of drug-likeness (QED) is 0.363. The summed E-state index contributed by atoms with van der Waals surface area (Å²) in [5, 5.41) is 10.6. The standard InChI is InChI=1S/C13H18N4O9P2/c1-2-6-3-15-12(14)8-9(6)17(5-16-8)13-10(18)11(26-28(21,22)23)7(25-13)4-24-27(19)20/h3,5,7,10-11,13,18H,2,4H2,1H3,(H4-,14,15,19,20,21,22,23)/p+1. The van der Waals surface area contributed by atoms with E-state index in [-0.39, 0.29) is 5.82 Å². The number of ether oxygens (including phenoxy) is 1. The van der Waals surface area contributed by atoms with Gasteiger partial charge in [-0.3, -0.25) is 4.52 Å². The van der Waals surface area contributed by atoms with Crippen LogP contribution in [0.2, 0.25) is 0 Å². The third-order valence-electron chi connectivity index (χ3n) is 4.27. The highest BCUT2D eigenvalue weighted by atomic mass is 31.2. The highest BCUT2D eigenvalue weighted by Crippen LogP contribution is 2.45. The number of aryl methyl sites for hydroxylation is 1. The number of aliphatic hydroxyl groups excluding tert-OH is 1. The van der Waals surface area contributed by atoms with Crippen molar-refractivity contribution in [1.29, 1.82) is 0 Å². The molecule has 13 nitrogen and oxygen atoms in total. The molecule has 154 valence electrons. The number of nitrogens with zero attached hydrogens (tertiary/aromatic N) is 3. The van der Waals surface area contributed by atoms with Gasteiger partial charge in [-0.1, -0.05) is 6.92 Å². The first kappa shape index (κ1) is 21.2. The second kappa shape index (κ2) is 8.07. The average molecular weight is 437 g/mol. The van der Waals surface area contributed by atoms with Crippen LogP contribution >= 0.6 is 16.1 Å². The second-order valence-corrected chi connectivity index (χ2v) is 7.95. The lowest BCUT2D eigenvalue weighted by molar-refractivity contribution is -0.0473. The van der Waals surface area contributed by atoms with Gasteiger partial charge in [-0.05, 0) is 12.0 Å². The molecule has 28 heavy (non-hydrogen) atoms. The highest BCUT2D eigenvalue weighted by molar-refractivity contribution is 7.46. The molecule has 0 aromatic carbocycles. The van der Waals surface area contributed by atoms with Gasteiger partial charge in [-0.15, -0.1) is 9.42 Å². The van der Waals surface area contributed by atoms with Crippen molar-refractivity contribution >= 4 is 32.9 Å². The van der Waals surface area contributed by atoms with Crippen LogP contribution < -0.4 is 5.73 Å². The Morgan fingerprint density at radius 1 is 1.43 bits per heavy atom. The molecule has 1 aliphatic heterocycles. The largest absolute Gasteiger partial charge is 0.694 e. The molecule has 0 spiro atoms. The zero-order valence-corrected chi connectivity index (χ0v) is 16.3. The lowest BCUT2D eigenvalue weighted by Crippen LogP contribution is -2.35. The fourth-order valence-electron chi connectivity index (χ4n) is 3.10. The summed E-state index contributed by atoms with van der Waals surface area (Å²) in [6.45, 7) is 1.34. The number of anilines is 1. The van der Waals surface area contributed by atoms with Crippen LogP contribution in [0.25, 0.3) is 11.0 Å². The molecule has 0 radical (unpaired) electrons. The van der Waals surface area contributed by atoms with Gasteiger partial charge in [0.15, 0.2) is 12.0 Å². The number of pyridine rings is 1. The van der Waals surface area contributed by atoms with E-state index in [4.69, 9.17) is 25.2 Å². The van der Waals surface area contributed by atoms with E-state index < -0.39 is 47.2 Å². The second-order valence-electron chi connectivity index (χ2n) is 6.02. The van der Waals surface area contributed by atoms with E-state index in [9.17, 15) is 14.2 Å². The number of nitrogen functional groups attached to an aromatic ring is 1. The summed E-state index contributed by atoms with van der Waals surface area (Å²) in [5.74, 6) is 0.165. The van der Waals surface area contributed by atoms with E-state index in [1.54, 1.807) is 6.20 Å². The van der Waals surface area contributed by atoms with Crippen LogP contribution in [0.4, 0.5) is 5.82 Å². The molecule has 1 fully saturated rings. The molecule has 6 N–H and O–H groups in total. The topological polar surface area (TPSA) is 199 Å². The molecule has 0 amide bonds. The van der Waals surface area contributed by atoms with Crippen LogP contribution in [-0.2, 0) is 29.3 Å². The van der Waals surface area contributed by atoms with Crippen molar-refractivity contribution in [2.75, 3.05) is 12.3 Å². The summed E-state index contributed by atoms with van der Waals surface area (Å²) >= 11 is 0. The predicted octanol–water partition coefficient (Wildman–Crippen LogP) is -0.0216. The molecule has 5 atom stereocenters.